The lowest BCUT2D eigenvalue weighted by Gasteiger charge is -2.10. The minimum absolute atomic E-state index is 0.191. The molecule has 5 nitrogen and oxygen atoms in total. The highest BCUT2D eigenvalue weighted by Gasteiger charge is 2.13. The number of hydrogen-bond donors (Lipinski definition) is 3. The summed E-state index contributed by atoms with van der Waals surface area (Å²) in [6.45, 7) is 3.72. The van der Waals surface area contributed by atoms with Gasteiger partial charge in [0.25, 0.3) is 10.0 Å². The molecule has 0 atom stereocenters. The summed E-state index contributed by atoms with van der Waals surface area (Å²) in [7, 11) is -3.58. The molecule has 0 saturated heterocycles. The molecular weight excluding hydrogens is 250 g/mol. The summed E-state index contributed by atoms with van der Waals surface area (Å²) in [6.07, 6.45) is 1.73. The maximum absolute atomic E-state index is 11.9. The summed E-state index contributed by atoms with van der Waals surface area (Å²) < 4.78 is 23.8. The molecule has 94 valence electrons. The van der Waals surface area contributed by atoms with Gasteiger partial charge < -0.3 is 10.4 Å². The molecule has 2 rings (SSSR count). The second kappa shape index (κ2) is 5.07. The van der Waals surface area contributed by atoms with E-state index in [4.69, 9.17) is 0 Å². The summed E-state index contributed by atoms with van der Waals surface area (Å²) in [6, 6.07) is 11.7. The van der Waals surface area contributed by atoms with Crippen LogP contribution >= 0.6 is 0 Å². The van der Waals surface area contributed by atoms with Crippen molar-refractivity contribution in [3.8, 4) is 0 Å². The molecule has 1 heterocycles. The zero-order valence-corrected chi connectivity index (χ0v) is 10.4. The van der Waals surface area contributed by atoms with Crippen molar-refractivity contribution in [2.75, 3.05) is 0 Å². The van der Waals surface area contributed by atoms with Crippen LogP contribution in [0.4, 0.5) is 0 Å². The Balaban J connectivity index is 2.05. The highest BCUT2D eigenvalue weighted by Crippen LogP contribution is 2.08. The molecule has 1 aromatic heterocycles. The van der Waals surface area contributed by atoms with E-state index in [1.165, 1.54) is 12.1 Å². The molecule has 6 heteroatoms. The van der Waals surface area contributed by atoms with Gasteiger partial charge in [0.05, 0.1) is 16.3 Å². The largest absolute Gasteiger partial charge is 0.360 e. The molecule has 0 aliphatic rings. The molecule has 0 saturated carbocycles. The highest BCUT2D eigenvalue weighted by atomic mass is 32.2. The van der Waals surface area contributed by atoms with E-state index in [2.05, 4.69) is 21.8 Å². The predicted octanol–water partition coefficient (Wildman–Crippen LogP) is 1.47. The number of H-pyrrole nitrogens is 1. The van der Waals surface area contributed by atoms with Crippen molar-refractivity contribution in [3.63, 3.8) is 0 Å². The Hall–Kier alpha value is -2.05. The summed E-state index contributed by atoms with van der Waals surface area (Å²) >= 11 is 0. The van der Waals surface area contributed by atoms with E-state index in [0.717, 1.165) is 0 Å². The van der Waals surface area contributed by atoms with Crippen LogP contribution in [0.1, 0.15) is 5.69 Å². The van der Waals surface area contributed by atoms with E-state index < -0.39 is 10.0 Å². The number of hydrogen-bond acceptors (Lipinski definition) is 3. The zero-order valence-electron chi connectivity index (χ0n) is 9.55. The highest BCUT2D eigenvalue weighted by molar-refractivity contribution is 7.89. The van der Waals surface area contributed by atoms with Crippen molar-refractivity contribution in [3.05, 3.63) is 60.9 Å². The first-order valence-electron chi connectivity index (χ1n) is 5.25. The number of aromatic nitrogens is 1. The average molecular weight is 263 g/mol. The predicted molar refractivity (Wildman–Crippen MR) is 69.7 cm³/mol. The lowest BCUT2D eigenvalue weighted by molar-refractivity contribution is 0.576. The fourth-order valence-corrected chi connectivity index (χ4v) is 2.26. The van der Waals surface area contributed by atoms with Crippen LogP contribution < -0.4 is 10.3 Å². The van der Waals surface area contributed by atoms with Gasteiger partial charge >= 0.3 is 0 Å². The molecule has 0 bridgehead atoms. The first-order valence-corrected chi connectivity index (χ1v) is 6.73. The molecule has 0 fully saturated rings. The molecule has 0 amide bonds. The van der Waals surface area contributed by atoms with Gasteiger partial charge in [-0.2, -0.15) is 0 Å². The molecule has 0 unspecified atom stereocenters. The van der Waals surface area contributed by atoms with Crippen molar-refractivity contribution in [2.24, 2.45) is 0 Å². The van der Waals surface area contributed by atoms with Crippen LogP contribution in [0, 0.1) is 0 Å². The summed E-state index contributed by atoms with van der Waals surface area (Å²) in [4.78, 5) is 5.37. The maximum Gasteiger partial charge on any atom is 0.257 e. The fourth-order valence-electron chi connectivity index (χ4n) is 1.37. The topological polar surface area (TPSA) is 74.0 Å². The molecular formula is C12H13N3O2S. The molecule has 0 aliphatic heterocycles. The quantitative estimate of drug-likeness (QED) is 0.715. The number of hydrazine groups is 1. The van der Waals surface area contributed by atoms with Crippen molar-refractivity contribution in [1.29, 1.82) is 0 Å². The van der Waals surface area contributed by atoms with Gasteiger partial charge in [-0.1, -0.05) is 24.8 Å². The van der Waals surface area contributed by atoms with Crippen LogP contribution in [0.2, 0.25) is 0 Å². The Morgan fingerprint density at radius 3 is 2.44 bits per heavy atom. The minimum atomic E-state index is -3.58. The Kier molecular flexibility index (Phi) is 3.50. The Morgan fingerprint density at radius 2 is 1.83 bits per heavy atom. The molecule has 3 N–H and O–H groups in total. The van der Waals surface area contributed by atoms with Crippen molar-refractivity contribution >= 4 is 15.7 Å². The molecule has 0 radical (unpaired) electrons. The Morgan fingerprint density at radius 1 is 1.11 bits per heavy atom. The molecule has 18 heavy (non-hydrogen) atoms. The summed E-state index contributed by atoms with van der Waals surface area (Å²) in [5, 5.41) is 0. The van der Waals surface area contributed by atoms with Crippen molar-refractivity contribution in [1.82, 2.24) is 15.2 Å². The van der Waals surface area contributed by atoms with Gasteiger partial charge in [0, 0.05) is 6.20 Å². The number of nitrogens with one attached hydrogen (secondary N) is 3. The van der Waals surface area contributed by atoms with Gasteiger partial charge in [-0.05, 0) is 24.3 Å². The van der Waals surface area contributed by atoms with Crippen LogP contribution in [0.15, 0.2) is 60.1 Å². The Labute approximate surface area is 106 Å². The van der Waals surface area contributed by atoms with Crippen molar-refractivity contribution < 1.29 is 8.42 Å². The third-order valence-corrected chi connectivity index (χ3v) is 3.58. The Bertz CT molecular complexity index is 619. The van der Waals surface area contributed by atoms with E-state index in [1.807, 2.05) is 0 Å². The zero-order chi connectivity index (χ0) is 13.0. The third kappa shape index (κ3) is 2.79. The van der Waals surface area contributed by atoms with Crippen LogP contribution in [-0.2, 0) is 10.0 Å². The number of benzene rings is 1. The van der Waals surface area contributed by atoms with Gasteiger partial charge in [-0.15, -0.1) is 4.83 Å². The average Bonchev–Trinajstić information content (AvgIpc) is 2.91. The molecule has 1 aromatic carbocycles. The number of rotatable bonds is 5. The monoisotopic (exact) mass is 263 g/mol. The maximum atomic E-state index is 11.9. The first-order chi connectivity index (χ1) is 8.59. The lowest BCUT2D eigenvalue weighted by Crippen LogP contribution is -2.35. The van der Waals surface area contributed by atoms with Gasteiger partial charge in [0.1, 0.15) is 0 Å². The third-order valence-electron chi connectivity index (χ3n) is 2.31. The summed E-state index contributed by atoms with van der Waals surface area (Å²) in [5.74, 6) is 0. The number of sulfonamides is 1. The van der Waals surface area contributed by atoms with Crippen LogP contribution in [0.3, 0.4) is 0 Å². The van der Waals surface area contributed by atoms with Gasteiger partial charge in [0.2, 0.25) is 0 Å². The normalized spacial score (nSPS) is 11.1. The minimum Gasteiger partial charge on any atom is -0.360 e. The van der Waals surface area contributed by atoms with E-state index in [1.54, 1.807) is 36.5 Å². The SMILES string of the molecule is C=C(NNS(=O)(=O)c1ccccc1)c1ccc[nH]1. The van der Waals surface area contributed by atoms with Gasteiger partial charge in [-0.3, -0.25) is 0 Å². The number of aromatic amines is 1. The second-order valence-electron chi connectivity index (χ2n) is 3.61. The second-order valence-corrected chi connectivity index (χ2v) is 5.29. The first kappa shape index (κ1) is 12.4. The van der Waals surface area contributed by atoms with E-state index in [9.17, 15) is 8.42 Å². The van der Waals surface area contributed by atoms with Gasteiger partial charge in [-0.25, -0.2) is 8.42 Å². The van der Waals surface area contributed by atoms with E-state index in [0.29, 0.717) is 11.4 Å². The van der Waals surface area contributed by atoms with E-state index in [-0.39, 0.29) is 4.90 Å². The smallest absolute Gasteiger partial charge is 0.257 e. The standard InChI is InChI=1S/C12H13N3O2S/c1-10(12-8-5-9-13-12)14-15-18(16,17)11-6-3-2-4-7-11/h2-9,13-15H,1H2. The summed E-state index contributed by atoms with van der Waals surface area (Å²) in [5.41, 5.74) is 3.72. The molecule has 2 aromatic rings. The van der Waals surface area contributed by atoms with Crippen LogP contribution in [0.5, 0.6) is 0 Å². The fraction of sp³-hybridized carbons (Fsp3) is 0. The lowest BCUT2D eigenvalue weighted by atomic mass is 10.4. The van der Waals surface area contributed by atoms with Crippen LogP contribution in [0.25, 0.3) is 5.70 Å². The molecule has 0 aliphatic carbocycles. The van der Waals surface area contributed by atoms with E-state index >= 15 is 0 Å². The van der Waals surface area contributed by atoms with Crippen molar-refractivity contribution in [2.45, 2.75) is 4.90 Å². The molecule has 0 spiro atoms. The van der Waals surface area contributed by atoms with Crippen LogP contribution in [-0.4, -0.2) is 13.4 Å². The van der Waals surface area contributed by atoms with Gasteiger partial charge in [0.15, 0.2) is 0 Å².